The van der Waals surface area contributed by atoms with Crippen LogP contribution in [0, 0.1) is 0 Å². The van der Waals surface area contributed by atoms with Crippen LogP contribution in [0.4, 0.5) is 0 Å². The first-order valence-electron chi connectivity index (χ1n) is 5.54. The summed E-state index contributed by atoms with van der Waals surface area (Å²) in [5, 5.41) is 37.5. The van der Waals surface area contributed by atoms with Crippen LogP contribution in [0.15, 0.2) is 0 Å². The quantitative estimate of drug-likeness (QED) is 0.438. The molecule has 96 valence electrons. The average molecular weight is 236 g/mol. The Labute approximate surface area is 94.4 Å². The van der Waals surface area contributed by atoms with Gasteiger partial charge in [0.2, 0.25) is 0 Å². The molecule has 5 atom stereocenters. The summed E-state index contributed by atoms with van der Waals surface area (Å²) >= 11 is 0. The molecule has 6 heteroatoms. The van der Waals surface area contributed by atoms with E-state index in [0.29, 0.717) is 6.61 Å². The number of rotatable bonds is 5. The molecule has 1 aliphatic heterocycles. The van der Waals surface area contributed by atoms with E-state index in [-0.39, 0.29) is 0 Å². The van der Waals surface area contributed by atoms with Crippen molar-refractivity contribution in [3.05, 3.63) is 0 Å². The average Bonchev–Trinajstić information content (AvgIpc) is 2.29. The first kappa shape index (κ1) is 13.8. The van der Waals surface area contributed by atoms with Crippen LogP contribution in [0.5, 0.6) is 0 Å². The number of unbranched alkanes of at least 4 members (excludes halogenated alkanes) is 1. The molecule has 0 aromatic carbocycles. The van der Waals surface area contributed by atoms with Crippen LogP contribution in [-0.2, 0) is 9.47 Å². The monoisotopic (exact) mass is 236 g/mol. The zero-order valence-corrected chi connectivity index (χ0v) is 9.32. The Bertz CT molecular complexity index is 198. The Morgan fingerprint density at radius 1 is 1.12 bits per heavy atom. The van der Waals surface area contributed by atoms with Gasteiger partial charge in [-0.3, -0.25) is 0 Å². The lowest BCUT2D eigenvalue weighted by molar-refractivity contribution is -0.301. The second-order valence-electron chi connectivity index (χ2n) is 3.92. The van der Waals surface area contributed by atoms with E-state index in [4.69, 9.17) is 14.6 Å². The predicted octanol–water partition coefficient (Wildman–Crippen LogP) is -1.40. The van der Waals surface area contributed by atoms with Gasteiger partial charge in [0.25, 0.3) is 0 Å². The summed E-state index contributed by atoms with van der Waals surface area (Å²) in [6, 6.07) is 0. The summed E-state index contributed by atoms with van der Waals surface area (Å²) < 4.78 is 10.4. The van der Waals surface area contributed by atoms with Crippen molar-refractivity contribution in [3.63, 3.8) is 0 Å². The van der Waals surface area contributed by atoms with E-state index in [2.05, 4.69) is 0 Å². The third-order valence-electron chi connectivity index (χ3n) is 2.63. The summed E-state index contributed by atoms with van der Waals surface area (Å²) in [6.45, 7) is 1.97. The Kier molecular flexibility index (Phi) is 5.60. The Morgan fingerprint density at radius 3 is 2.38 bits per heavy atom. The zero-order valence-electron chi connectivity index (χ0n) is 9.32. The van der Waals surface area contributed by atoms with Crippen LogP contribution in [0.2, 0.25) is 0 Å². The highest BCUT2D eigenvalue weighted by Crippen LogP contribution is 2.21. The third kappa shape index (κ3) is 3.13. The fourth-order valence-electron chi connectivity index (χ4n) is 1.55. The van der Waals surface area contributed by atoms with Crippen molar-refractivity contribution in [2.24, 2.45) is 0 Å². The van der Waals surface area contributed by atoms with Crippen molar-refractivity contribution in [1.29, 1.82) is 0 Å². The minimum atomic E-state index is -1.36. The Balaban J connectivity index is 2.50. The van der Waals surface area contributed by atoms with Crippen LogP contribution in [0.1, 0.15) is 19.8 Å². The lowest BCUT2D eigenvalue weighted by atomic mass is 9.99. The van der Waals surface area contributed by atoms with E-state index in [1.165, 1.54) is 0 Å². The van der Waals surface area contributed by atoms with Crippen LogP contribution in [0.3, 0.4) is 0 Å². The number of aliphatic hydroxyl groups excluding tert-OH is 4. The molecule has 1 saturated heterocycles. The number of ether oxygens (including phenoxy) is 2. The van der Waals surface area contributed by atoms with Crippen molar-refractivity contribution < 1.29 is 29.9 Å². The van der Waals surface area contributed by atoms with E-state index >= 15 is 0 Å². The molecule has 0 spiro atoms. The van der Waals surface area contributed by atoms with E-state index < -0.39 is 37.3 Å². The highest BCUT2D eigenvalue weighted by molar-refractivity contribution is 4.88. The molecular weight excluding hydrogens is 216 g/mol. The Morgan fingerprint density at radius 2 is 1.81 bits per heavy atom. The molecule has 0 bridgehead atoms. The topological polar surface area (TPSA) is 99.4 Å². The first-order chi connectivity index (χ1) is 7.61. The van der Waals surface area contributed by atoms with Crippen molar-refractivity contribution >= 4 is 0 Å². The lowest BCUT2D eigenvalue weighted by Crippen LogP contribution is -2.59. The minimum Gasteiger partial charge on any atom is -0.394 e. The van der Waals surface area contributed by atoms with Crippen LogP contribution < -0.4 is 0 Å². The van der Waals surface area contributed by atoms with Crippen molar-refractivity contribution in [2.75, 3.05) is 13.2 Å². The number of aliphatic hydroxyl groups is 4. The smallest absolute Gasteiger partial charge is 0.186 e. The molecule has 1 heterocycles. The number of hydrogen-bond donors (Lipinski definition) is 4. The van der Waals surface area contributed by atoms with Gasteiger partial charge in [-0.1, -0.05) is 13.3 Å². The standard InChI is InChI=1S/C10H20O6/c1-2-3-4-15-10-9(14)8(13)7(12)6(5-11)16-10/h6-14H,2-5H2,1H3/t6-,7-,8+,9+,10-/m1/s1. The van der Waals surface area contributed by atoms with Crippen LogP contribution in [-0.4, -0.2) is 64.3 Å². The van der Waals surface area contributed by atoms with Crippen LogP contribution in [0.25, 0.3) is 0 Å². The molecule has 1 rings (SSSR count). The molecule has 0 aliphatic carbocycles. The molecule has 4 N–H and O–H groups in total. The summed E-state index contributed by atoms with van der Waals surface area (Å²) in [5.74, 6) is 0. The molecule has 0 aromatic rings. The first-order valence-corrected chi connectivity index (χ1v) is 5.54. The Hall–Kier alpha value is -0.240. The van der Waals surface area contributed by atoms with Gasteiger partial charge in [-0.15, -0.1) is 0 Å². The molecule has 0 aromatic heterocycles. The van der Waals surface area contributed by atoms with Crippen molar-refractivity contribution in [2.45, 2.75) is 50.5 Å². The summed E-state index contributed by atoms with van der Waals surface area (Å²) in [6.07, 6.45) is -4.13. The fraction of sp³-hybridized carbons (Fsp3) is 1.00. The molecule has 6 nitrogen and oxygen atoms in total. The summed E-state index contributed by atoms with van der Waals surface area (Å²) in [4.78, 5) is 0. The second kappa shape index (κ2) is 6.48. The maximum Gasteiger partial charge on any atom is 0.186 e. The van der Waals surface area contributed by atoms with Gasteiger partial charge in [-0.25, -0.2) is 0 Å². The predicted molar refractivity (Wildman–Crippen MR) is 54.6 cm³/mol. The fourth-order valence-corrected chi connectivity index (χ4v) is 1.55. The molecule has 16 heavy (non-hydrogen) atoms. The SMILES string of the molecule is CCCCO[C@@H]1O[C@H](CO)[C@@H](O)[C@H](O)[C@@H]1O. The minimum absolute atomic E-state index is 0.402. The third-order valence-corrected chi connectivity index (χ3v) is 2.63. The van der Waals surface area contributed by atoms with E-state index in [1.54, 1.807) is 0 Å². The number of hydrogen-bond acceptors (Lipinski definition) is 6. The van der Waals surface area contributed by atoms with Gasteiger partial charge >= 0.3 is 0 Å². The van der Waals surface area contributed by atoms with Gasteiger partial charge in [0.05, 0.1) is 6.61 Å². The lowest BCUT2D eigenvalue weighted by Gasteiger charge is -2.39. The molecular formula is C10H20O6. The van der Waals surface area contributed by atoms with E-state index in [9.17, 15) is 15.3 Å². The normalized spacial score (nSPS) is 39.9. The maximum atomic E-state index is 9.58. The van der Waals surface area contributed by atoms with Gasteiger partial charge in [-0.2, -0.15) is 0 Å². The molecule has 1 aliphatic rings. The molecule has 0 radical (unpaired) electrons. The highest BCUT2D eigenvalue weighted by atomic mass is 16.7. The van der Waals surface area contributed by atoms with Gasteiger partial charge in [0, 0.05) is 6.61 Å². The zero-order chi connectivity index (χ0) is 12.1. The highest BCUT2D eigenvalue weighted by Gasteiger charge is 2.43. The molecule has 0 saturated carbocycles. The summed E-state index contributed by atoms with van der Waals surface area (Å²) in [5.41, 5.74) is 0. The maximum absolute atomic E-state index is 9.58. The van der Waals surface area contributed by atoms with Crippen LogP contribution >= 0.6 is 0 Å². The van der Waals surface area contributed by atoms with E-state index in [0.717, 1.165) is 12.8 Å². The van der Waals surface area contributed by atoms with Gasteiger partial charge in [-0.05, 0) is 6.42 Å². The second-order valence-corrected chi connectivity index (χ2v) is 3.92. The molecule has 1 fully saturated rings. The van der Waals surface area contributed by atoms with Crippen molar-refractivity contribution in [1.82, 2.24) is 0 Å². The van der Waals surface area contributed by atoms with Gasteiger partial charge in [0.15, 0.2) is 6.29 Å². The van der Waals surface area contributed by atoms with Crippen molar-refractivity contribution in [3.8, 4) is 0 Å². The summed E-state index contributed by atoms with van der Waals surface area (Å²) in [7, 11) is 0. The van der Waals surface area contributed by atoms with E-state index in [1.807, 2.05) is 6.92 Å². The van der Waals surface area contributed by atoms with Gasteiger partial charge < -0.3 is 29.9 Å². The molecule has 0 unspecified atom stereocenters. The van der Waals surface area contributed by atoms with Gasteiger partial charge in [0.1, 0.15) is 24.4 Å². The molecule has 0 amide bonds. The largest absolute Gasteiger partial charge is 0.394 e.